The molecule has 0 unspecified atom stereocenters. The van der Waals surface area contributed by atoms with Gasteiger partial charge in [-0.25, -0.2) is 9.78 Å². The van der Waals surface area contributed by atoms with Crippen molar-refractivity contribution in [3.05, 3.63) is 58.5 Å². The second kappa shape index (κ2) is 4.67. The third-order valence-corrected chi connectivity index (χ3v) is 2.23. The molecule has 0 atom stereocenters. The van der Waals surface area contributed by atoms with E-state index in [4.69, 9.17) is 5.73 Å². The quantitative estimate of drug-likeness (QED) is 0.792. The highest BCUT2D eigenvalue weighted by Crippen LogP contribution is 2.02. The van der Waals surface area contributed by atoms with Crippen molar-refractivity contribution in [1.82, 2.24) is 14.5 Å². The molecule has 0 spiro atoms. The molecule has 5 heteroatoms. The zero-order valence-corrected chi connectivity index (χ0v) is 8.71. The Morgan fingerprint density at radius 2 is 2.19 bits per heavy atom. The summed E-state index contributed by atoms with van der Waals surface area (Å²) in [5.74, 6) is 0. The minimum atomic E-state index is -0.256. The Morgan fingerprint density at radius 1 is 1.31 bits per heavy atom. The van der Waals surface area contributed by atoms with Crippen molar-refractivity contribution < 1.29 is 0 Å². The van der Waals surface area contributed by atoms with E-state index in [0.717, 1.165) is 11.3 Å². The number of hydrogen-bond acceptors (Lipinski definition) is 4. The van der Waals surface area contributed by atoms with Crippen LogP contribution in [0.4, 0.5) is 0 Å². The average Bonchev–Trinajstić information content (AvgIpc) is 2.32. The third kappa shape index (κ3) is 2.32. The van der Waals surface area contributed by atoms with E-state index in [1.807, 2.05) is 12.1 Å². The number of rotatable bonds is 3. The SMILES string of the molecule is NCc1cc(Cn2cccnc2=O)ccn1. The molecule has 0 aromatic carbocycles. The lowest BCUT2D eigenvalue weighted by Gasteiger charge is -2.05. The Bertz CT molecular complexity index is 535. The fourth-order valence-electron chi connectivity index (χ4n) is 1.44. The summed E-state index contributed by atoms with van der Waals surface area (Å²) in [4.78, 5) is 19.2. The molecule has 2 aromatic rings. The Hall–Kier alpha value is -2.01. The van der Waals surface area contributed by atoms with Crippen molar-refractivity contribution in [3.63, 3.8) is 0 Å². The van der Waals surface area contributed by atoms with Crippen LogP contribution in [0.5, 0.6) is 0 Å². The average molecular weight is 216 g/mol. The molecule has 16 heavy (non-hydrogen) atoms. The van der Waals surface area contributed by atoms with Gasteiger partial charge in [-0.05, 0) is 23.8 Å². The van der Waals surface area contributed by atoms with Crippen LogP contribution in [0.2, 0.25) is 0 Å². The standard InChI is InChI=1S/C11H12N4O/c12-7-10-6-9(2-4-13-10)8-15-5-1-3-14-11(15)16/h1-6H,7-8,12H2. The molecule has 5 nitrogen and oxygen atoms in total. The molecule has 2 rings (SSSR count). The summed E-state index contributed by atoms with van der Waals surface area (Å²) in [5, 5.41) is 0. The van der Waals surface area contributed by atoms with Gasteiger partial charge in [-0.3, -0.25) is 9.55 Å². The lowest BCUT2D eigenvalue weighted by atomic mass is 10.2. The zero-order valence-electron chi connectivity index (χ0n) is 8.71. The molecule has 0 bridgehead atoms. The van der Waals surface area contributed by atoms with Gasteiger partial charge in [0.25, 0.3) is 0 Å². The molecular formula is C11H12N4O. The van der Waals surface area contributed by atoms with E-state index < -0.39 is 0 Å². The topological polar surface area (TPSA) is 73.8 Å². The van der Waals surface area contributed by atoms with Gasteiger partial charge in [0.1, 0.15) is 0 Å². The first-order valence-corrected chi connectivity index (χ1v) is 4.95. The van der Waals surface area contributed by atoms with Crippen LogP contribution >= 0.6 is 0 Å². The van der Waals surface area contributed by atoms with Gasteiger partial charge >= 0.3 is 5.69 Å². The van der Waals surface area contributed by atoms with Gasteiger partial charge in [-0.15, -0.1) is 0 Å². The number of aromatic nitrogens is 3. The van der Waals surface area contributed by atoms with E-state index in [9.17, 15) is 4.79 Å². The summed E-state index contributed by atoms with van der Waals surface area (Å²) in [6.45, 7) is 0.887. The monoisotopic (exact) mass is 216 g/mol. The minimum absolute atomic E-state index is 0.256. The molecule has 82 valence electrons. The van der Waals surface area contributed by atoms with Crippen LogP contribution in [-0.2, 0) is 13.1 Å². The Morgan fingerprint density at radius 3 is 2.94 bits per heavy atom. The molecule has 0 saturated heterocycles. The first-order chi connectivity index (χ1) is 7.79. The van der Waals surface area contributed by atoms with Crippen LogP contribution in [0.25, 0.3) is 0 Å². The third-order valence-electron chi connectivity index (χ3n) is 2.23. The van der Waals surface area contributed by atoms with Crippen molar-refractivity contribution in [2.75, 3.05) is 0 Å². The Balaban J connectivity index is 2.27. The van der Waals surface area contributed by atoms with Crippen LogP contribution < -0.4 is 11.4 Å². The summed E-state index contributed by atoms with van der Waals surface area (Å²) < 4.78 is 1.54. The van der Waals surface area contributed by atoms with Gasteiger partial charge in [0.15, 0.2) is 0 Å². The second-order valence-corrected chi connectivity index (χ2v) is 3.39. The molecule has 0 radical (unpaired) electrons. The maximum absolute atomic E-state index is 11.4. The maximum atomic E-state index is 11.4. The highest BCUT2D eigenvalue weighted by Gasteiger charge is 1.99. The van der Waals surface area contributed by atoms with Crippen LogP contribution in [0, 0.1) is 0 Å². The van der Waals surface area contributed by atoms with Crippen molar-refractivity contribution >= 4 is 0 Å². The van der Waals surface area contributed by atoms with Crippen molar-refractivity contribution in [1.29, 1.82) is 0 Å². The highest BCUT2D eigenvalue weighted by molar-refractivity contribution is 5.16. The molecular weight excluding hydrogens is 204 g/mol. The normalized spacial score (nSPS) is 10.3. The number of pyridine rings is 1. The van der Waals surface area contributed by atoms with E-state index in [0.29, 0.717) is 13.1 Å². The minimum Gasteiger partial charge on any atom is -0.325 e. The number of hydrogen-bond donors (Lipinski definition) is 1. The lowest BCUT2D eigenvalue weighted by Crippen LogP contribution is -2.22. The van der Waals surface area contributed by atoms with E-state index >= 15 is 0 Å². The zero-order chi connectivity index (χ0) is 11.4. The smallest absolute Gasteiger partial charge is 0.325 e. The van der Waals surface area contributed by atoms with Crippen LogP contribution in [-0.4, -0.2) is 14.5 Å². The van der Waals surface area contributed by atoms with Gasteiger partial charge in [0, 0.05) is 25.1 Å². The Kier molecular flexibility index (Phi) is 3.07. The molecule has 0 aliphatic carbocycles. The van der Waals surface area contributed by atoms with E-state index in [1.165, 1.54) is 10.8 Å². The van der Waals surface area contributed by atoms with Gasteiger partial charge in [0.05, 0.1) is 12.2 Å². The lowest BCUT2D eigenvalue weighted by molar-refractivity contribution is 0.724. The van der Waals surface area contributed by atoms with Crippen LogP contribution in [0.3, 0.4) is 0 Å². The maximum Gasteiger partial charge on any atom is 0.347 e. The molecule has 2 heterocycles. The molecule has 0 aliphatic heterocycles. The molecule has 2 N–H and O–H groups in total. The molecule has 2 aromatic heterocycles. The summed E-state index contributed by atoms with van der Waals surface area (Å²) in [5.41, 5.74) is 7.05. The summed E-state index contributed by atoms with van der Waals surface area (Å²) in [6.07, 6.45) is 4.88. The number of nitrogens with two attached hydrogens (primary N) is 1. The molecule has 0 saturated carbocycles. The van der Waals surface area contributed by atoms with E-state index in [-0.39, 0.29) is 5.69 Å². The van der Waals surface area contributed by atoms with Crippen LogP contribution in [0.15, 0.2) is 41.6 Å². The van der Waals surface area contributed by atoms with Crippen molar-refractivity contribution in [2.24, 2.45) is 5.73 Å². The fourth-order valence-corrected chi connectivity index (χ4v) is 1.44. The highest BCUT2D eigenvalue weighted by atomic mass is 16.1. The van der Waals surface area contributed by atoms with Gasteiger partial charge < -0.3 is 5.73 Å². The second-order valence-electron chi connectivity index (χ2n) is 3.39. The largest absolute Gasteiger partial charge is 0.347 e. The predicted molar refractivity (Wildman–Crippen MR) is 59.7 cm³/mol. The van der Waals surface area contributed by atoms with Crippen molar-refractivity contribution in [3.8, 4) is 0 Å². The van der Waals surface area contributed by atoms with E-state index in [2.05, 4.69) is 9.97 Å². The summed E-state index contributed by atoms with van der Waals surface area (Å²) >= 11 is 0. The van der Waals surface area contributed by atoms with Gasteiger partial charge in [-0.2, -0.15) is 0 Å². The predicted octanol–water partition coefficient (Wildman–Crippen LogP) is 0.145. The Labute approximate surface area is 92.6 Å². The van der Waals surface area contributed by atoms with Gasteiger partial charge in [0.2, 0.25) is 0 Å². The first-order valence-electron chi connectivity index (χ1n) is 4.95. The van der Waals surface area contributed by atoms with Gasteiger partial charge in [-0.1, -0.05) is 0 Å². The molecule has 0 fully saturated rings. The van der Waals surface area contributed by atoms with E-state index in [1.54, 1.807) is 18.5 Å². The van der Waals surface area contributed by atoms with Crippen LogP contribution in [0.1, 0.15) is 11.3 Å². The fraction of sp³-hybridized carbons (Fsp3) is 0.182. The molecule has 0 amide bonds. The first kappa shape index (κ1) is 10.5. The molecule has 0 aliphatic rings. The van der Waals surface area contributed by atoms with Crippen molar-refractivity contribution in [2.45, 2.75) is 13.1 Å². The summed E-state index contributed by atoms with van der Waals surface area (Å²) in [6, 6.07) is 5.48. The summed E-state index contributed by atoms with van der Waals surface area (Å²) in [7, 11) is 0. The number of nitrogens with zero attached hydrogens (tertiary/aromatic N) is 3.